The van der Waals surface area contributed by atoms with Crippen LogP contribution in [0.5, 0.6) is 23.0 Å². The van der Waals surface area contributed by atoms with E-state index in [1.807, 2.05) is 50.8 Å². The van der Waals surface area contributed by atoms with Gasteiger partial charge in [0.05, 0.1) is 27.8 Å². The molecule has 3 heterocycles. The Morgan fingerprint density at radius 2 is 2.07 bits per heavy atom. The molecule has 5 rings (SSSR count). The first-order valence-electron chi connectivity index (χ1n) is 15.3. The molecule has 0 bridgehead atoms. The molecule has 0 radical (unpaired) electrons. The van der Waals surface area contributed by atoms with Crippen molar-refractivity contribution < 1.29 is 27.9 Å². The summed E-state index contributed by atoms with van der Waals surface area (Å²) in [6, 6.07) is 8.78. The molecule has 10 nitrogen and oxygen atoms in total. The number of fused-ring (bicyclic) bond motifs is 2. The van der Waals surface area contributed by atoms with E-state index in [-0.39, 0.29) is 30.1 Å². The van der Waals surface area contributed by atoms with Crippen molar-refractivity contribution in [3.8, 4) is 23.0 Å². The molecule has 0 saturated carbocycles. The number of ether oxygens (including phenoxy) is 4. The van der Waals surface area contributed by atoms with Gasteiger partial charge in [-0.1, -0.05) is 12.1 Å². The first kappa shape index (κ1) is 24.8. The van der Waals surface area contributed by atoms with E-state index < -0.39 is 24.3 Å². The number of rotatable bonds is 7. The minimum atomic E-state index is -1.98. The molecule has 1 saturated heterocycles. The molecule has 1 N–H and O–H groups in total. The van der Waals surface area contributed by atoms with Gasteiger partial charge in [0.15, 0.2) is 23.0 Å². The van der Waals surface area contributed by atoms with Crippen molar-refractivity contribution in [3.63, 3.8) is 0 Å². The molecule has 1 amide bonds. The Hall–Kier alpha value is -3.95. The molecule has 0 spiro atoms. The van der Waals surface area contributed by atoms with Gasteiger partial charge in [0.25, 0.3) is 5.91 Å². The fourth-order valence-electron chi connectivity index (χ4n) is 5.73. The van der Waals surface area contributed by atoms with Crippen LogP contribution in [0.2, 0.25) is 0 Å². The lowest BCUT2D eigenvalue weighted by Gasteiger charge is -2.51. The van der Waals surface area contributed by atoms with Crippen LogP contribution in [0.25, 0.3) is 10.9 Å². The molecule has 2 aliphatic heterocycles. The van der Waals surface area contributed by atoms with Gasteiger partial charge < -0.3 is 34.1 Å². The van der Waals surface area contributed by atoms with Gasteiger partial charge >= 0.3 is 0 Å². The number of anilines is 2. The molecule has 2 atom stereocenters. The Morgan fingerprint density at radius 3 is 2.76 bits per heavy atom. The summed E-state index contributed by atoms with van der Waals surface area (Å²) < 4.78 is 47.6. The van der Waals surface area contributed by atoms with E-state index in [2.05, 4.69) is 10.2 Å². The predicted octanol–water partition coefficient (Wildman–Crippen LogP) is 4.82. The molecular formula is C31H41N5O5. The maximum absolute atomic E-state index is 13.7. The number of amides is 1. The molecule has 0 aliphatic carbocycles. The van der Waals surface area contributed by atoms with Crippen LogP contribution in [-0.4, -0.2) is 77.8 Å². The van der Waals surface area contributed by atoms with Crippen LogP contribution in [0.1, 0.15) is 51.2 Å². The minimum Gasteiger partial charge on any atom is -0.490 e. The summed E-state index contributed by atoms with van der Waals surface area (Å²) in [5.41, 5.74) is 0.941. The number of para-hydroxylation sites is 1. The standard InChI is InChI=1S/C31H41N5O5/c1-9-38-24-13-21-22(14-25(24)40-18(2)3)33-30(34-28(21)32-8)36-20(5)15-35(17-31(36,6)7)29(37)26-16-39-27-19(4)11-10-12-23(27)41-26/h10-14,18,20,26H,9,15-17H2,1-8H3,(H,32,33,34)/i9D2,18D. The maximum Gasteiger partial charge on any atom is 0.267 e. The lowest BCUT2D eigenvalue weighted by Crippen LogP contribution is -2.66. The molecule has 2 aliphatic rings. The lowest BCUT2D eigenvalue weighted by molar-refractivity contribution is -0.143. The lowest BCUT2D eigenvalue weighted by atomic mass is 9.95. The molecule has 2 aromatic carbocycles. The monoisotopic (exact) mass is 566 g/mol. The molecule has 1 fully saturated rings. The van der Waals surface area contributed by atoms with E-state index in [4.69, 9.17) is 33.0 Å². The smallest absolute Gasteiger partial charge is 0.267 e. The van der Waals surface area contributed by atoms with Gasteiger partial charge in [-0.2, -0.15) is 4.98 Å². The molecule has 3 aromatic rings. The average Bonchev–Trinajstić information content (AvgIpc) is 2.90. The Morgan fingerprint density at radius 1 is 1.29 bits per heavy atom. The first-order valence-corrected chi connectivity index (χ1v) is 13.8. The molecule has 1 aromatic heterocycles. The van der Waals surface area contributed by atoms with E-state index in [1.54, 1.807) is 33.0 Å². The van der Waals surface area contributed by atoms with Crippen LogP contribution >= 0.6 is 0 Å². The Labute approximate surface area is 246 Å². The van der Waals surface area contributed by atoms with Gasteiger partial charge in [-0.05, 0) is 66.2 Å². The third-order valence-electron chi connectivity index (χ3n) is 7.29. The van der Waals surface area contributed by atoms with Crippen LogP contribution < -0.4 is 29.2 Å². The summed E-state index contributed by atoms with van der Waals surface area (Å²) >= 11 is 0. The number of hydrogen-bond donors (Lipinski definition) is 1. The number of carbonyl (C=O) groups is 1. The number of aromatic nitrogens is 2. The molecule has 41 heavy (non-hydrogen) atoms. The van der Waals surface area contributed by atoms with Crippen LogP contribution in [0.3, 0.4) is 0 Å². The van der Waals surface area contributed by atoms with Crippen LogP contribution in [-0.2, 0) is 4.79 Å². The van der Waals surface area contributed by atoms with Gasteiger partial charge in [-0.25, -0.2) is 4.98 Å². The second-order valence-corrected chi connectivity index (χ2v) is 11.3. The minimum absolute atomic E-state index is 0.129. The highest BCUT2D eigenvalue weighted by Gasteiger charge is 2.44. The first-order chi connectivity index (χ1) is 20.5. The zero-order chi connectivity index (χ0) is 32.2. The summed E-state index contributed by atoms with van der Waals surface area (Å²) in [5.74, 6) is 2.45. The molecule has 2 unspecified atom stereocenters. The summed E-state index contributed by atoms with van der Waals surface area (Å²) in [6.07, 6.45) is -2.04. The highest BCUT2D eigenvalue weighted by Crippen LogP contribution is 2.39. The summed E-state index contributed by atoms with van der Waals surface area (Å²) in [4.78, 5) is 27.4. The molecule has 220 valence electrons. The Bertz CT molecular complexity index is 1570. The number of benzene rings is 2. The summed E-state index contributed by atoms with van der Waals surface area (Å²) in [7, 11) is 1.75. The van der Waals surface area contributed by atoms with Crippen LogP contribution in [0.4, 0.5) is 11.8 Å². The third-order valence-corrected chi connectivity index (χ3v) is 7.29. The van der Waals surface area contributed by atoms with Gasteiger partial charge in [0, 0.05) is 37.6 Å². The number of hydrogen-bond acceptors (Lipinski definition) is 9. The Balaban J connectivity index is 1.45. The van der Waals surface area contributed by atoms with Crippen molar-refractivity contribution in [2.24, 2.45) is 0 Å². The number of carbonyl (C=O) groups excluding carboxylic acids is 1. The van der Waals surface area contributed by atoms with E-state index in [9.17, 15) is 4.79 Å². The van der Waals surface area contributed by atoms with Crippen molar-refractivity contribution in [1.82, 2.24) is 14.9 Å². The predicted molar refractivity (Wildman–Crippen MR) is 160 cm³/mol. The van der Waals surface area contributed by atoms with Gasteiger partial charge in [-0.3, -0.25) is 4.79 Å². The Kier molecular flexibility index (Phi) is 6.74. The second-order valence-electron chi connectivity index (χ2n) is 11.3. The molecular weight excluding hydrogens is 522 g/mol. The summed E-state index contributed by atoms with van der Waals surface area (Å²) in [6.45, 7) is 11.5. The second kappa shape index (κ2) is 11.1. The van der Waals surface area contributed by atoms with Crippen molar-refractivity contribution >= 4 is 28.6 Å². The van der Waals surface area contributed by atoms with E-state index >= 15 is 0 Å². The number of aryl methyl sites for hydroxylation is 1. The SMILES string of the molecule is [2H]C([2H])(C)Oc1cc2c(NC)nc(N3C(C)CN(C(=O)C4COc5c(C)cccc5O4)CC3(C)C)nc2cc1OC([2H])(C)C. The number of nitrogens with one attached hydrogen (secondary N) is 1. The molecule has 10 heteroatoms. The van der Waals surface area contributed by atoms with Crippen LogP contribution in [0, 0.1) is 6.92 Å². The van der Waals surface area contributed by atoms with E-state index in [0.29, 0.717) is 47.3 Å². The van der Waals surface area contributed by atoms with Crippen molar-refractivity contribution in [3.05, 3.63) is 35.9 Å². The van der Waals surface area contributed by atoms with Crippen molar-refractivity contribution in [2.75, 3.05) is 43.5 Å². The zero-order valence-corrected chi connectivity index (χ0v) is 25.0. The van der Waals surface area contributed by atoms with Gasteiger partial charge in [0.1, 0.15) is 12.4 Å². The number of nitrogens with zero attached hydrogens (tertiary/aromatic N) is 4. The average molecular weight is 567 g/mol. The largest absolute Gasteiger partial charge is 0.490 e. The van der Waals surface area contributed by atoms with Gasteiger partial charge in [0.2, 0.25) is 12.1 Å². The number of piperazine rings is 1. The normalized spacial score (nSPS) is 21.5. The van der Waals surface area contributed by atoms with Gasteiger partial charge in [-0.15, -0.1) is 0 Å². The fourth-order valence-corrected chi connectivity index (χ4v) is 5.73. The van der Waals surface area contributed by atoms with Crippen molar-refractivity contribution in [1.29, 1.82) is 0 Å². The van der Waals surface area contributed by atoms with E-state index in [0.717, 1.165) is 5.56 Å². The van der Waals surface area contributed by atoms with Crippen LogP contribution in [0.15, 0.2) is 30.3 Å². The highest BCUT2D eigenvalue weighted by atomic mass is 16.6. The maximum atomic E-state index is 13.7. The van der Waals surface area contributed by atoms with Crippen molar-refractivity contribution in [2.45, 2.75) is 72.2 Å². The summed E-state index contributed by atoms with van der Waals surface area (Å²) in [5, 5.41) is 3.74. The topological polar surface area (TPSA) is 98.3 Å². The highest BCUT2D eigenvalue weighted by molar-refractivity contribution is 5.93. The zero-order valence-electron chi connectivity index (χ0n) is 28.0. The fraction of sp³-hybridized carbons (Fsp3) is 0.516. The quantitative estimate of drug-likeness (QED) is 0.432. The van der Waals surface area contributed by atoms with E-state index in [1.165, 1.54) is 6.92 Å². The third kappa shape index (κ3) is 5.52.